The van der Waals surface area contributed by atoms with Gasteiger partial charge in [-0.3, -0.25) is 4.79 Å². The van der Waals surface area contributed by atoms with Crippen LogP contribution in [0, 0.1) is 0 Å². The van der Waals surface area contributed by atoms with Gasteiger partial charge >= 0.3 is 0 Å². The van der Waals surface area contributed by atoms with E-state index in [1.807, 2.05) is 78.9 Å². The zero-order chi connectivity index (χ0) is 18.5. The summed E-state index contributed by atoms with van der Waals surface area (Å²) >= 11 is 0. The molecule has 1 amide bonds. The lowest BCUT2D eigenvalue weighted by atomic mass is 10.1. The molecule has 0 radical (unpaired) electrons. The summed E-state index contributed by atoms with van der Waals surface area (Å²) in [7, 11) is 0. The van der Waals surface area contributed by atoms with E-state index in [4.69, 9.17) is 0 Å². The SMILES string of the molecule is O=C(Cc1ccccc1)Nc1ccc(Nc2ncnc3ccccc23)cc1. The Morgan fingerprint density at radius 3 is 2.30 bits per heavy atom. The molecule has 0 saturated carbocycles. The van der Waals surface area contributed by atoms with Gasteiger partial charge in [0.15, 0.2) is 0 Å². The number of fused-ring (bicyclic) bond motifs is 1. The average Bonchev–Trinajstić information content (AvgIpc) is 2.70. The van der Waals surface area contributed by atoms with Crippen molar-refractivity contribution < 1.29 is 4.79 Å². The third-order valence-electron chi connectivity index (χ3n) is 4.18. The molecule has 132 valence electrons. The molecule has 0 atom stereocenters. The summed E-state index contributed by atoms with van der Waals surface area (Å²) in [6.45, 7) is 0. The molecule has 1 heterocycles. The second-order valence-corrected chi connectivity index (χ2v) is 6.15. The van der Waals surface area contributed by atoms with Gasteiger partial charge < -0.3 is 10.6 Å². The van der Waals surface area contributed by atoms with E-state index in [-0.39, 0.29) is 5.91 Å². The lowest BCUT2D eigenvalue weighted by Crippen LogP contribution is -2.14. The standard InChI is InChI=1S/C22H18N4O/c27-21(14-16-6-2-1-3-7-16)25-17-10-12-18(13-11-17)26-22-19-8-4-5-9-20(19)23-15-24-22/h1-13,15H,14H2,(H,25,27)(H,23,24,26). The van der Waals surface area contributed by atoms with Gasteiger partial charge in [0.2, 0.25) is 5.91 Å². The summed E-state index contributed by atoms with van der Waals surface area (Å²) in [4.78, 5) is 20.8. The van der Waals surface area contributed by atoms with E-state index in [1.165, 1.54) is 0 Å². The number of benzene rings is 3. The van der Waals surface area contributed by atoms with Crippen LogP contribution in [0.5, 0.6) is 0 Å². The summed E-state index contributed by atoms with van der Waals surface area (Å²) in [6.07, 6.45) is 1.90. The van der Waals surface area contributed by atoms with E-state index in [0.717, 1.165) is 33.7 Å². The molecule has 5 nitrogen and oxygen atoms in total. The van der Waals surface area contributed by atoms with E-state index in [1.54, 1.807) is 6.33 Å². The number of para-hydroxylation sites is 1. The molecule has 0 unspecified atom stereocenters. The van der Waals surface area contributed by atoms with E-state index in [2.05, 4.69) is 20.6 Å². The van der Waals surface area contributed by atoms with Gasteiger partial charge in [0.1, 0.15) is 12.1 Å². The second-order valence-electron chi connectivity index (χ2n) is 6.15. The second kappa shape index (κ2) is 7.66. The number of hydrogen-bond acceptors (Lipinski definition) is 4. The Bertz CT molecular complexity index is 1060. The Morgan fingerprint density at radius 1 is 0.778 bits per heavy atom. The molecule has 0 aliphatic rings. The smallest absolute Gasteiger partial charge is 0.228 e. The van der Waals surface area contributed by atoms with Crippen LogP contribution in [0.15, 0.2) is 85.2 Å². The number of carbonyl (C=O) groups excluding carboxylic acids is 1. The fourth-order valence-electron chi connectivity index (χ4n) is 2.86. The largest absolute Gasteiger partial charge is 0.340 e. The molecule has 2 N–H and O–H groups in total. The summed E-state index contributed by atoms with van der Waals surface area (Å²) in [5.41, 5.74) is 3.53. The summed E-state index contributed by atoms with van der Waals surface area (Å²) in [6, 6.07) is 25.1. The fraction of sp³-hybridized carbons (Fsp3) is 0.0455. The number of carbonyl (C=O) groups is 1. The van der Waals surface area contributed by atoms with E-state index in [9.17, 15) is 4.79 Å². The van der Waals surface area contributed by atoms with Gasteiger partial charge in [-0.2, -0.15) is 0 Å². The molecular formula is C22H18N4O. The highest BCUT2D eigenvalue weighted by Crippen LogP contribution is 2.23. The quantitative estimate of drug-likeness (QED) is 0.551. The van der Waals surface area contributed by atoms with Crippen molar-refractivity contribution in [2.75, 3.05) is 10.6 Å². The van der Waals surface area contributed by atoms with Gasteiger partial charge in [0.25, 0.3) is 0 Å². The van der Waals surface area contributed by atoms with Crippen LogP contribution < -0.4 is 10.6 Å². The van der Waals surface area contributed by atoms with E-state index in [0.29, 0.717) is 6.42 Å². The minimum atomic E-state index is -0.0382. The molecule has 0 saturated heterocycles. The van der Waals surface area contributed by atoms with Crippen LogP contribution in [0.25, 0.3) is 10.9 Å². The minimum Gasteiger partial charge on any atom is -0.340 e. The van der Waals surface area contributed by atoms with Crippen LogP contribution in [0.4, 0.5) is 17.2 Å². The Kier molecular flexibility index (Phi) is 4.74. The number of nitrogens with one attached hydrogen (secondary N) is 2. The zero-order valence-electron chi connectivity index (χ0n) is 14.6. The normalized spacial score (nSPS) is 10.5. The van der Waals surface area contributed by atoms with Crippen LogP contribution in [0.1, 0.15) is 5.56 Å². The van der Waals surface area contributed by atoms with Crippen molar-refractivity contribution in [1.82, 2.24) is 9.97 Å². The third-order valence-corrected chi connectivity index (χ3v) is 4.18. The van der Waals surface area contributed by atoms with Crippen LogP contribution in [0.2, 0.25) is 0 Å². The third kappa shape index (κ3) is 4.10. The molecule has 5 heteroatoms. The maximum Gasteiger partial charge on any atom is 0.228 e. The van der Waals surface area contributed by atoms with Gasteiger partial charge in [0.05, 0.1) is 11.9 Å². The van der Waals surface area contributed by atoms with Gasteiger partial charge in [-0.15, -0.1) is 0 Å². The Morgan fingerprint density at radius 2 is 1.48 bits per heavy atom. The number of nitrogens with zero attached hydrogens (tertiary/aromatic N) is 2. The number of amides is 1. The molecule has 0 bridgehead atoms. The van der Waals surface area contributed by atoms with E-state index >= 15 is 0 Å². The first kappa shape index (κ1) is 16.7. The topological polar surface area (TPSA) is 66.9 Å². The fourth-order valence-corrected chi connectivity index (χ4v) is 2.86. The maximum absolute atomic E-state index is 12.2. The van der Waals surface area contributed by atoms with Crippen molar-refractivity contribution in [2.24, 2.45) is 0 Å². The first-order chi connectivity index (χ1) is 13.3. The van der Waals surface area contributed by atoms with Gasteiger partial charge in [-0.05, 0) is 42.0 Å². The maximum atomic E-state index is 12.2. The predicted octanol–water partition coefficient (Wildman–Crippen LogP) is 4.55. The number of aromatic nitrogens is 2. The minimum absolute atomic E-state index is 0.0382. The first-order valence-electron chi connectivity index (χ1n) is 8.68. The average molecular weight is 354 g/mol. The van der Waals surface area contributed by atoms with Crippen molar-refractivity contribution in [3.63, 3.8) is 0 Å². The first-order valence-corrected chi connectivity index (χ1v) is 8.68. The highest BCUT2D eigenvalue weighted by atomic mass is 16.1. The molecular weight excluding hydrogens is 336 g/mol. The highest BCUT2D eigenvalue weighted by Gasteiger charge is 2.06. The molecule has 0 aliphatic heterocycles. The molecule has 0 spiro atoms. The van der Waals surface area contributed by atoms with Crippen molar-refractivity contribution >= 4 is 34.0 Å². The summed E-state index contributed by atoms with van der Waals surface area (Å²) in [5.74, 6) is 0.713. The van der Waals surface area contributed by atoms with Gasteiger partial charge in [-0.25, -0.2) is 9.97 Å². The van der Waals surface area contributed by atoms with Crippen molar-refractivity contribution in [3.8, 4) is 0 Å². The van der Waals surface area contributed by atoms with Crippen LogP contribution in [-0.4, -0.2) is 15.9 Å². The van der Waals surface area contributed by atoms with Crippen LogP contribution in [0.3, 0.4) is 0 Å². The number of rotatable bonds is 5. The summed E-state index contributed by atoms with van der Waals surface area (Å²) in [5, 5.41) is 7.18. The Labute approximate surface area is 157 Å². The lowest BCUT2D eigenvalue weighted by Gasteiger charge is -2.10. The van der Waals surface area contributed by atoms with Gasteiger partial charge in [-0.1, -0.05) is 42.5 Å². The lowest BCUT2D eigenvalue weighted by molar-refractivity contribution is -0.115. The molecule has 27 heavy (non-hydrogen) atoms. The van der Waals surface area contributed by atoms with Crippen molar-refractivity contribution in [2.45, 2.75) is 6.42 Å². The molecule has 0 fully saturated rings. The Balaban J connectivity index is 1.43. The number of anilines is 3. The van der Waals surface area contributed by atoms with Crippen LogP contribution in [-0.2, 0) is 11.2 Å². The van der Waals surface area contributed by atoms with Crippen molar-refractivity contribution in [1.29, 1.82) is 0 Å². The van der Waals surface area contributed by atoms with Crippen molar-refractivity contribution in [3.05, 3.63) is 90.8 Å². The predicted molar refractivity (Wildman–Crippen MR) is 108 cm³/mol. The summed E-state index contributed by atoms with van der Waals surface area (Å²) < 4.78 is 0. The number of hydrogen-bond donors (Lipinski definition) is 2. The molecule has 1 aromatic heterocycles. The monoisotopic (exact) mass is 354 g/mol. The van der Waals surface area contributed by atoms with Gasteiger partial charge in [0, 0.05) is 16.8 Å². The molecule has 0 aliphatic carbocycles. The molecule has 3 aromatic carbocycles. The highest BCUT2D eigenvalue weighted by molar-refractivity contribution is 5.93. The Hall–Kier alpha value is -3.73. The van der Waals surface area contributed by atoms with E-state index < -0.39 is 0 Å². The molecule has 4 rings (SSSR count). The molecule has 4 aromatic rings. The van der Waals surface area contributed by atoms with Crippen LogP contribution >= 0.6 is 0 Å². The zero-order valence-corrected chi connectivity index (χ0v) is 14.6.